The number of nitrogens with zero attached hydrogens (tertiary/aromatic N) is 7. The number of hydrogen-bond donors (Lipinski definition) is 1. The molecule has 0 radical (unpaired) electrons. The van der Waals surface area contributed by atoms with Gasteiger partial charge in [-0.05, 0) is 42.3 Å². The minimum Gasteiger partial charge on any atom is -0.468 e. The number of allylic oxidation sites excluding steroid dienone is 1. The molecule has 5 rings (SSSR count). The van der Waals surface area contributed by atoms with Crippen molar-refractivity contribution in [1.29, 1.82) is 21.0 Å². The number of nitrogens with one attached hydrogen (secondary N) is 1. The molecule has 12 heteroatoms. The number of likely N-dealkylation sites (tertiary alicyclic amines) is 1. The van der Waals surface area contributed by atoms with Crippen LogP contribution in [0.15, 0.2) is 86.2 Å². The predicted molar refractivity (Wildman–Crippen MR) is 168 cm³/mol. The van der Waals surface area contributed by atoms with Crippen molar-refractivity contribution in [2.75, 3.05) is 33.1 Å². The fourth-order valence-corrected chi connectivity index (χ4v) is 6.64. The number of hydrogen-bond acceptors (Lipinski definition) is 10. The van der Waals surface area contributed by atoms with Crippen molar-refractivity contribution in [2.45, 2.75) is 38.8 Å². The molecule has 0 aliphatic carbocycles. The van der Waals surface area contributed by atoms with Gasteiger partial charge in [-0.25, -0.2) is 0 Å². The average molecular weight is 637 g/mol. The van der Waals surface area contributed by atoms with Gasteiger partial charge in [-0.1, -0.05) is 43.1 Å². The van der Waals surface area contributed by atoms with Gasteiger partial charge >= 0.3 is 0 Å². The highest BCUT2D eigenvalue weighted by Gasteiger charge is 2.66. The molecule has 3 atom stereocenters. The van der Waals surface area contributed by atoms with Crippen LogP contribution in [-0.2, 0) is 17.8 Å². The van der Waals surface area contributed by atoms with Crippen LogP contribution in [0.1, 0.15) is 42.8 Å². The van der Waals surface area contributed by atoms with Crippen LogP contribution in [0.2, 0.25) is 5.02 Å². The summed E-state index contributed by atoms with van der Waals surface area (Å²) in [5, 5.41) is 46.0. The lowest BCUT2D eigenvalue weighted by molar-refractivity contribution is 0.0201. The number of halogens is 1. The van der Waals surface area contributed by atoms with E-state index in [1.807, 2.05) is 34.1 Å². The highest BCUT2D eigenvalue weighted by molar-refractivity contribution is 6.31. The summed E-state index contributed by atoms with van der Waals surface area (Å²) in [6.45, 7) is 3.95. The molecule has 3 aromatic rings. The standard InChI is InChI=1S/C34H33ClN8O3/c1-2-3-12-44-24-43(18-27-9-7-14-46-27)23-40-32-34(20-39)22-42(17-26-8-6-13-45-26)21-33(19-38,31(41-32)25(15-36)16-37)30(34)28-10-4-5-11-29(28)35/h4-11,13-14,30H,2-3,12,17-18,21-24H2,1H3,(H,40,41). The van der Waals surface area contributed by atoms with Gasteiger partial charge in [0.2, 0.25) is 0 Å². The number of ether oxygens (including phenoxy) is 1. The third-order valence-electron chi connectivity index (χ3n) is 8.40. The van der Waals surface area contributed by atoms with Gasteiger partial charge in [-0.2, -0.15) is 21.0 Å². The fraction of sp³-hybridized carbons (Fsp3) is 0.382. The van der Waals surface area contributed by atoms with E-state index in [-0.39, 0.29) is 43.6 Å². The molecule has 2 fully saturated rings. The molecule has 2 aromatic heterocycles. The SMILES string of the molecule is CCCCOCN(C/N=C1/NC(=C(C#N)C#N)C2(C#N)CN(Cc3ccco3)CC1(C#N)C2c1ccccc1Cl)Cc1ccco1. The van der Waals surface area contributed by atoms with Crippen molar-refractivity contribution in [3.05, 3.63) is 94.4 Å². The summed E-state index contributed by atoms with van der Waals surface area (Å²) < 4.78 is 17.1. The van der Waals surface area contributed by atoms with Gasteiger partial charge in [0.25, 0.3) is 0 Å². The number of amidine groups is 1. The number of aliphatic imine (C=N–C) groups is 1. The number of piperidine rings is 2. The largest absolute Gasteiger partial charge is 0.468 e. The maximum absolute atomic E-state index is 11.2. The van der Waals surface area contributed by atoms with E-state index < -0.39 is 16.7 Å². The van der Waals surface area contributed by atoms with E-state index in [2.05, 4.69) is 24.4 Å². The number of fused-ring (bicyclic) bond motifs is 2. The Morgan fingerprint density at radius 2 is 1.72 bits per heavy atom. The number of rotatable bonds is 12. The molecule has 0 saturated carbocycles. The van der Waals surface area contributed by atoms with Crippen molar-refractivity contribution in [3.63, 3.8) is 0 Å². The predicted octanol–water partition coefficient (Wildman–Crippen LogP) is 5.68. The van der Waals surface area contributed by atoms with Crippen LogP contribution in [0.5, 0.6) is 0 Å². The van der Waals surface area contributed by atoms with Crippen LogP contribution < -0.4 is 5.32 Å². The van der Waals surface area contributed by atoms with Crippen LogP contribution in [0, 0.1) is 56.2 Å². The molecule has 2 bridgehead atoms. The van der Waals surface area contributed by atoms with Crippen molar-refractivity contribution >= 4 is 17.4 Å². The highest BCUT2D eigenvalue weighted by Crippen LogP contribution is 2.59. The molecule has 3 unspecified atom stereocenters. The van der Waals surface area contributed by atoms with Gasteiger partial charge in [0, 0.05) is 30.6 Å². The Labute approximate surface area is 273 Å². The molecule has 1 aromatic carbocycles. The lowest BCUT2D eigenvalue weighted by atomic mass is 9.52. The van der Waals surface area contributed by atoms with E-state index in [1.54, 1.807) is 48.9 Å². The Morgan fingerprint density at radius 1 is 1.02 bits per heavy atom. The monoisotopic (exact) mass is 636 g/mol. The first-order valence-corrected chi connectivity index (χ1v) is 15.3. The minimum atomic E-state index is -1.54. The smallest absolute Gasteiger partial charge is 0.150 e. The Morgan fingerprint density at radius 3 is 2.35 bits per heavy atom. The maximum atomic E-state index is 11.2. The van der Waals surface area contributed by atoms with Crippen LogP contribution in [-0.4, -0.2) is 48.7 Å². The molecule has 2 aliphatic rings. The van der Waals surface area contributed by atoms with Gasteiger partial charge in [0.15, 0.2) is 5.57 Å². The molecule has 11 nitrogen and oxygen atoms in total. The molecule has 2 saturated heterocycles. The zero-order chi connectivity index (χ0) is 32.6. The van der Waals surface area contributed by atoms with E-state index in [0.717, 1.165) is 12.8 Å². The number of benzene rings is 1. The second-order valence-electron chi connectivity index (χ2n) is 11.4. The minimum absolute atomic E-state index is 0.0906. The van der Waals surface area contributed by atoms with Crippen LogP contribution in [0.25, 0.3) is 0 Å². The molecular formula is C34H33ClN8O3. The van der Waals surface area contributed by atoms with Crippen molar-refractivity contribution < 1.29 is 13.6 Å². The number of furan rings is 2. The Bertz CT molecular complexity index is 1730. The molecule has 2 aliphatic heterocycles. The van der Waals surface area contributed by atoms with Crippen LogP contribution in [0.3, 0.4) is 0 Å². The van der Waals surface area contributed by atoms with E-state index in [0.29, 0.717) is 41.8 Å². The highest BCUT2D eigenvalue weighted by atomic mass is 35.5. The zero-order valence-corrected chi connectivity index (χ0v) is 26.2. The van der Waals surface area contributed by atoms with Crippen molar-refractivity contribution in [1.82, 2.24) is 15.1 Å². The summed E-state index contributed by atoms with van der Waals surface area (Å²) in [5.41, 5.74) is -2.60. The second kappa shape index (κ2) is 14.5. The quantitative estimate of drug-likeness (QED) is 0.149. The third kappa shape index (κ3) is 6.28. The summed E-state index contributed by atoms with van der Waals surface area (Å²) >= 11 is 6.80. The van der Waals surface area contributed by atoms with Gasteiger partial charge in [-0.3, -0.25) is 14.8 Å². The third-order valence-corrected chi connectivity index (χ3v) is 8.74. The summed E-state index contributed by atoms with van der Waals surface area (Å²) in [6, 6.07) is 23.2. The summed E-state index contributed by atoms with van der Waals surface area (Å²) in [4.78, 5) is 8.83. The maximum Gasteiger partial charge on any atom is 0.150 e. The summed E-state index contributed by atoms with van der Waals surface area (Å²) in [7, 11) is 0. The van der Waals surface area contributed by atoms with Gasteiger partial charge in [0.1, 0.15) is 47.1 Å². The average Bonchev–Trinajstić information content (AvgIpc) is 3.78. The van der Waals surface area contributed by atoms with E-state index >= 15 is 0 Å². The summed E-state index contributed by atoms with van der Waals surface area (Å²) in [5.74, 6) is 0.707. The summed E-state index contributed by atoms with van der Waals surface area (Å²) in [6.07, 6.45) is 5.05. The first kappa shape index (κ1) is 32.5. The van der Waals surface area contributed by atoms with E-state index in [4.69, 9.17) is 30.2 Å². The topological polar surface area (TPSA) is 162 Å². The van der Waals surface area contributed by atoms with Crippen molar-refractivity contribution in [3.8, 4) is 24.3 Å². The van der Waals surface area contributed by atoms with Gasteiger partial charge in [-0.15, -0.1) is 0 Å². The molecule has 1 N–H and O–H groups in total. The number of unbranched alkanes of at least 4 members (excludes halogenated alkanes) is 1. The van der Waals surface area contributed by atoms with Gasteiger partial charge in [0.05, 0.1) is 50.1 Å². The zero-order valence-electron chi connectivity index (χ0n) is 25.4. The number of nitriles is 4. The van der Waals surface area contributed by atoms with Crippen LogP contribution in [0.4, 0.5) is 0 Å². The van der Waals surface area contributed by atoms with E-state index in [9.17, 15) is 21.0 Å². The van der Waals surface area contributed by atoms with Crippen molar-refractivity contribution in [2.24, 2.45) is 15.8 Å². The molecule has 4 heterocycles. The second-order valence-corrected chi connectivity index (χ2v) is 11.8. The molecule has 46 heavy (non-hydrogen) atoms. The first-order valence-electron chi connectivity index (χ1n) is 15.0. The molecule has 0 spiro atoms. The molecular weight excluding hydrogens is 604 g/mol. The van der Waals surface area contributed by atoms with E-state index in [1.165, 1.54) is 0 Å². The van der Waals surface area contributed by atoms with Crippen LogP contribution >= 0.6 is 11.6 Å². The molecule has 234 valence electrons. The normalized spacial score (nSPS) is 23.2. The Balaban J connectivity index is 1.67. The Hall–Kier alpha value is -4.88. The molecule has 0 amide bonds. The fourth-order valence-electron chi connectivity index (χ4n) is 6.40. The lowest BCUT2D eigenvalue weighted by Gasteiger charge is -2.57. The lowest BCUT2D eigenvalue weighted by Crippen LogP contribution is -2.68. The first-order chi connectivity index (χ1) is 22.4. The van der Waals surface area contributed by atoms with Gasteiger partial charge < -0.3 is 18.9 Å². The Kier molecular flexibility index (Phi) is 10.2.